The second kappa shape index (κ2) is 9.99. The Labute approximate surface area is 205 Å². The molecule has 0 saturated heterocycles. The number of fused-ring (bicyclic) bond motifs is 3. The van der Waals surface area contributed by atoms with Crippen LogP contribution in [-0.4, -0.2) is 27.7 Å². The molecule has 1 amide bonds. The third-order valence-corrected chi connectivity index (χ3v) is 6.71. The molecule has 1 N–H and O–H groups in total. The number of hydrogen-bond acceptors (Lipinski definition) is 6. The molecule has 4 rings (SSSR count). The van der Waals surface area contributed by atoms with Crippen LogP contribution < -0.4 is 19.9 Å². The number of amides is 1. The van der Waals surface area contributed by atoms with Gasteiger partial charge < -0.3 is 4.74 Å². The lowest BCUT2D eigenvalue weighted by Gasteiger charge is -2.31. The first-order valence-corrected chi connectivity index (χ1v) is 12.2. The number of unbranched alkanes of at least 4 members (excludes halogenated alkanes) is 1. The number of carbonyl (C=O) groups excluding carboxylic acids is 2. The molecule has 1 atom stereocenters. The molecular formula is C24H24ClN4O4S+. The van der Waals surface area contributed by atoms with E-state index in [1.54, 1.807) is 47.4 Å². The van der Waals surface area contributed by atoms with Crippen molar-refractivity contribution in [1.29, 1.82) is 0 Å². The summed E-state index contributed by atoms with van der Waals surface area (Å²) in [6, 6.07) is 12.2. The number of nitrogens with one attached hydrogen (secondary N) is 1. The average molecular weight is 500 g/mol. The zero-order chi connectivity index (χ0) is 24.4. The quantitative estimate of drug-likeness (QED) is 0.180. The van der Waals surface area contributed by atoms with Crippen molar-refractivity contribution < 1.29 is 19.0 Å². The van der Waals surface area contributed by atoms with E-state index in [0.29, 0.717) is 27.7 Å². The van der Waals surface area contributed by atoms with Gasteiger partial charge in [0.1, 0.15) is 5.75 Å². The lowest BCUT2D eigenvalue weighted by atomic mass is 10.0. The molecule has 0 aliphatic carbocycles. The van der Waals surface area contributed by atoms with Crippen molar-refractivity contribution in [3.05, 3.63) is 63.4 Å². The van der Waals surface area contributed by atoms with Crippen LogP contribution in [0.15, 0.2) is 52.4 Å². The topological polar surface area (TPSA) is 96.2 Å². The SMILES string of the molecule is CCCCSc1n[n+]2c(c(=O)[nH]1)-c1ccccc1N(C(C)=O)[C@H]2c1cccc(OC(C)=O)c1Cl. The van der Waals surface area contributed by atoms with Crippen LogP contribution in [0.1, 0.15) is 45.3 Å². The second-order valence-corrected chi connectivity index (χ2v) is 9.25. The van der Waals surface area contributed by atoms with E-state index in [-0.39, 0.29) is 22.2 Å². The van der Waals surface area contributed by atoms with Crippen molar-refractivity contribution in [3.8, 4) is 17.0 Å². The number of benzene rings is 2. The Balaban J connectivity index is 1.99. The predicted octanol–water partition coefficient (Wildman–Crippen LogP) is 4.11. The van der Waals surface area contributed by atoms with E-state index in [1.165, 1.54) is 30.3 Å². The molecule has 34 heavy (non-hydrogen) atoms. The molecule has 0 fully saturated rings. The highest BCUT2D eigenvalue weighted by Crippen LogP contribution is 2.41. The van der Waals surface area contributed by atoms with E-state index in [0.717, 1.165) is 18.6 Å². The van der Waals surface area contributed by atoms with Crippen LogP contribution >= 0.6 is 23.4 Å². The lowest BCUT2D eigenvalue weighted by Crippen LogP contribution is -2.60. The standard InChI is InChI=1S/C24H23ClN4O4S/c1-4-5-13-34-24-26-22(32)21-16-9-6-7-11-18(16)28(14(2)30)23(29(21)27-24)17-10-8-12-19(20(17)25)33-15(3)31/h6-12,23H,4-5,13H2,1-3H3/p+1/t23-/m1/s1. The molecule has 0 radical (unpaired) electrons. The van der Waals surface area contributed by atoms with Gasteiger partial charge in [0.15, 0.2) is 0 Å². The molecule has 0 unspecified atom stereocenters. The van der Waals surface area contributed by atoms with E-state index in [9.17, 15) is 14.4 Å². The highest BCUT2D eigenvalue weighted by molar-refractivity contribution is 7.99. The molecule has 2 heterocycles. The zero-order valence-electron chi connectivity index (χ0n) is 19.0. The number of aromatic amines is 1. The highest BCUT2D eigenvalue weighted by Gasteiger charge is 2.46. The molecule has 8 nitrogen and oxygen atoms in total. The summed E-state index contributed by atoms with van der Waals surface area (Å²) in [5.41, 5.74) is 1.61. The van der Waals surface area contributed by atoms with Gasteiger partial charge in [-0.1, -0.05) is 54.9 Å². The van der Waals surface area contributed by atoms with Crippen molar-refractivity contribution in [1.82, 2.24) is 10.1 Å². The van der Waals surface area contributed by atoms with E-state index < -0.39 is 12.1 Å². The fraction of sp³-hybridized carbons (Fsp3) is 0.292. The van der Waals surface area contributed by atoms with Gasteiger partial charge in [0.25, 0.3) is 6.17 Å². The smallest absolute Gasteiger partial charge is 0.325 e. The Morgan fingerprint density at radius 1 is 1.21 bits per heavy atom. The van der Waals surface area contributed by atoms with Crippen LogP contribution in [0.4, 0.5) is 5.69 Å². The number of halogens is 1. The van der Waals surface area contributed by atoms with Crippen LogP contribution in [0, 0.1) is 0 Å². The van der Waals surface area contributed by atoms with Crippen molar-refractivity contribution in [2.24, 2.45) is 0 Å². The van der Waals surface area contributed by atoms with E-state index in [4.69, 9.17) is 21.4 Å². The van der Waals surface area contributed by atoms with E-state index >= 15 is 0 Å². The molecule has 3 aromatic rings. The van der Waals surface area contributed by atoms with Gasteiger partial charge in [0.05, 0.1) is 21.8 Å². The van der Waals surface area contributed by atoms with Crippen LogP contribution in [0.2, 0.25) is 5.02 Å². The Bertz CT molecular complexity index is 1330. The second-order valence-electron chi connectivity index (χ2n) is 7.79. The molecule has 2 aromatic carbocycles. The first-order valence-electron chi connectivity index (χ1n) is 10.9. The van der Waals surface area contributed by atoms with Gasteiger partial charge in [-0.3, -0.25) is 19.4 Å². The van der Waals surface area contributed by atoms with Gasteiger partial charge in [-0.25, -0.2) is 4.90 Å². The molecule has 1 aromatic heterocycles. The number of H-pyrrole nitrogens is 1. The number of aromatic nitrogens is 3. The summed E-state index contributed by atoms with van der Waals surface area (Å²) in [5.74, 6) is 0.179. The summed E-state index contributed by atoms with van der Waals surface area (Å²) in [4.78, 5) is 42.3. The summed E-state index contributed by atoms with van der Waals surface area (Å²) >= 11 is 8.13. The van der Waals surface area contributed by atoms with Crippen LogP contribution in [0.25, 0.3) is 11.3 Å². The number of esters is 1. The number of thioether (sulfide) groups is 1. The molecule has 0 bridgehead atoms. The number of ether oxygens (including phenoxy) is 1. The van der Waals surface area contributed by atoms with Crippen LogP contribution in [0.3, 0.4) is 0 Å². The molecule has 10 heteroatoms. The summed E-state index contributed by atoms with van der Waals surface area (Å²) in [7, 11) is 0. The minimum atomic E-state index is -0.863. The van der Waals surface area contributed by atoms with Crippen molar-refractivity contribution in [3.63, 3.8) is 0 Å². The predicted molar refractivity (Wildman–Crippen MR) is 130 cm³/mol. The van der Waals surface area contributed by atoms with E-state index in [1.807, 2.05) is 0 Å². The zero-order valence-corrected chi connectivity index (χ0v) is 20.6. The molecule has 0 saturated carbocycles. The van der Waals surface area contributed by atoms with Gasteiger partial charge in [-0.2, -0.15) is 0 Å². The molecule has 1 aliphatic heterocycles. The number of anilines is 1. The molecule has 176 valence electrons. The molecule has 1 aliphatic rings. The summed E-state index contributed by atoms with van der Waals surface area (Å²) < 4.78 is 6.80. The fourth-order valence-electron chi connectivity index (χ4n) is 3.93. The highest BCUT2D eigenvalue weighted by atomic mass is 35.5. The summed E-state index contributed by atoms with van der Waals surface area (Å²) in [6.45, 7) is 4.82. The monoisotopic (exact) mass is 499 g/mol. The normalized spacial score (nSPS) is 14.4. The number of para-hydroxylation sites is 1. The Morgan fingerprint density at radius 2 is 1.97 bits per heavy atom. The maximum Gasteiger partial charge on any atom is 0.325 e. The number of hydrogen-bond donors (Lipinski definition) is 1. The molecule has 0 spiro atoms. The first kappa shape index (κ1) is 24.0. The maximum absolute atomic E-state index is 13.3. The Kier molecular flexibility index (Phi) is 7.04. The largest absolute Gasteiger partial charge is 0.425 e. The van der Waals surface area contributed by atoms with E-state index in [2.05, 4.69) is 11.9 Å². The Hall–Kier alpha value is -3.17. The fourth-order valence-corrected chi connectivity index (χ4v) is 5.13. The van der Waals surface area contributed by atoms with Crippen LogP contribution in [-0.2, 0) is 9.59 Å². The number of nitrogens with zero attached hydrogens (tertiary/aromatic N) is 3. The van der Waals surface area contributed by atoms with Gasteiger partial charge in [0, 0.05) is 24.7 Å². The summed E-state index contributed by atoms with van der Waals surface area (Å²) in [5, 5.41) is 5.34. The number of carbonyl (C=O) groups is 2. The maximum atomic E-state index is 13.3. The Morgan fingerprint density at radius 3 is 2.68 bits per heavy atom. The first-order chi connectivity index (χ1) is 16.3. The average Bonchev–Trinajstić information content (AvgIpc) is 2.79. The third kappa shape index (κ3) is 4.45. The molecular weight excluding hydrogens is 476 g/mol. The van der Waals surface area contributed by atoms with Gasteiger partial charge in [0.2, 0.25) is 11.1 Å². The van der Waals surface area contributed by atoms with Crippen LogP contribution in [0.5, 0.6) is 5.75 Å². The number of rotatable bonds is 6. The van der Waals surface area contributed by atoms with Crippen molar-refractivity contribution in [2.75, 3.05) is 10.7 Å². The van der Waals surface area contributed by atoms with Crippen molar-refractivity contribution in [2.45, 2.75) is 44.9 Å². The minimum absolute atomic E-state index is 0.161. The van der Waals surface area contributed by atoms with Crippen molar-refractivity contribution >= 4 is 40.9 Å². The summed E-state index contributed by atoms with van der Waals surface area (Å²) in [6.07, 6.45) is 1.12. The third-order valence-electron chi connectivity index (χ3n) is 5.36. The van der Waals surface area contributed by atoms with Gasteiger partial charge >= 0.3 is 17.2 Å². The minimum Gasteiger partial charge on any atom is -0.425 e. The van der Waals surface area contributed by atoms with Gasteiger partial charge in [-0.05, 0) is 35.4 Å². The lowest BCUT2D eigenvalue weighted by molar-refractivity contribution is -0.763. The van der Waals surface area contributed by atoms with Gasteiger partial charge in [-0.15, -0.1) is 0 Å².